The summed E-state index contributed by atoms with van der Waals surface area (Å²) in [6.45, 7) is 8.45. The van der Waals surface area contributed by atoms with Crippen molar-refractivity contribution < 1.29 is 9.53 Å². The van der Waals surface area contributed by atoms with Gasteiger partial charge in [-0.2, -0.15) is 0 Å². The van der Waals surface area contributed by atoms with E-state index < -0.39 is 0 Å². The number of hydrogen-bond donors (Lipinski definition) is 2. The number of amides is 1. The molecule has 28 heavy (non-hydrogen) atoms. The molecule has 1 saturated heterocycles. The molecular weight excluding hydrogens is 491 g/mol. The van der Waals surface area contributed by atoms with E-state index >= 15 is 0 Å². The summed E-state index contributed by atoms with van der Waals surface area (Å²) in [6.07, 6.45) is 3.76. The number of halogens is 1. The van der Waals surface area contributed by atoms with Crippen LogP contribution in [0.5, 0.6) is 0 Å². The molecule has 2 rings (SSSR count). The van der Waals surface area contributed by atoms with Gasteiger partial charge in [-0.15, -0.1) is 35.3 Å². The molecule has 0 radical (unpaired) electrons. The molecular formula is C18H33IN6O2S. The zero-order valence-corrected chi connectivity index (χ0v) is 20.2. The Morgan fingerprint density at radius 1 is 1.32 bits per heavy atom. The summed E-state index contributed by atoms with van der Waals surface area (Å²) in [6, 6.07) is 0. The zero-order valence-electron chi connectivity index (χ0n) is 17.1. The molecule has 0 spiro atoms. The molecule has 0 bridgehead atoms. The van der Waals surface area contributed by atoms with Gasteiger partial charge in [-0.3, -0.25) is 9.69 Å². The minimum absolute atomic E-state index is 0. The van der Waals surface area contributed by atoms with Crippen LogP contribution in [0, 0.1) is 6.92 Å². The number of ether oxygens (including phenoxy) is 1. The van der Waals surface area contributed by atoms with E-state index in [-0.39, 0.29) is 36.4 Å². The monoisotopic (exact) mass is 524 g/mol. The van der Waals surface area contributed by atoms with E-state index in [0.717, 1.165) is 63.8 Å². The van der Waals surface area contributed by atoms with E-state index in [9.17, 15) is 4.79 Å². The predicted molar refractivity (Wildman–Crippen MR) is 125 cm³/mol. The molecule has 0 unspecified atom stereocenters. The lowest BCUT2D eigenvalue weighted by Crippen LogP contribution is -2.41. The minimum Gasteiger partial charge on any atom is -0.379 e. The van der Waals surface area contributed by atoms with E-state index in [1.165, 1.54) is 4.88 Å². The number of aromatic nitrogens is 1. The molecule has 0 saturated carbocycles. The first-order chi connectivity index (χ1) is 13.0. The topological polar surface area (TPSA) is 82.1 Å². The maximum absolute atomic E-state index is 11.8. The number of carbonyl (C=O) groups is 1. The van der Waals surface area contributed by atoms with Crippen molar-refractivity contribution in [3.8, 4) is 0 Å². The van der Waals surface area contributed by atoms with Crippen molar-refractivity contribution in [1.29, 1.82) is 0 Å². The Morgan fingerprint density at radius 2 is 2.04 bits per heavy atom. The van der Waals surface area contributed by atoms with Crippen molar-refractivity contribution >= 4 is 47.2 Å². The Hall–Kier alpha value is -0.980. The highest BCUT2D eigenvalue weighted by molar-refractivity contribution is 14.0. The van der Waals surface area contributed by atoms with Gasteiger partial charge in [0.15, 0.2) is 5.96 Å². The van der Waals surface area contributed by atoms with E-state index in [2.05, 4.69) is 32.4 Å². The van der Waals surface area contributed by atoms with E-state index in [1.54, 1.807) is 30.3 Å². The van der Waals surface area contributed by atoms with Gasteiger partial charge in [0.1, 0.15) is 6.54 Å². The largest absolute Gasteiger partial charge is 0.379 e. The average Bonchev–Trinajstić information content (AvgIpc) is 3.08. The van der Waals surface area contributed by atoms with Crippen molar-refractivity contribution in [3.63, 3.8) is 0 Å². The molecule has 2 N–H and O–H groups in total. The molecule has 1 fully saturated rings. The number of likely N-dealkylation sites (N-methyl/N-ethyl adjacent to an activating group) is 1. The standard InChI is InChI=1S/C18H32N6O2S.HI/c1-15-13-21-16(27-15)5-7-20-18(22-14-17(25)23(2)3)19-6-4-8-24-9-11-26-12-10-24;/h13H,4-12,14H2,1-3H3,(H2,19,20,22);1H. The van der Waals surface area contributed by atoms with Crippen LogP contribution >= 0.6 is 35.3 Å². The van der Waals surface area contributed by atoms with Gasteiger partial charge in [-0.25, -0.2) is 9.98 Å². The Balaban J connectivity index is 0.00000392. The highest BCUT2D eigenvalue weighted by Crippen LogP contribution is 2.10. The van der Waals surface area contributed by atoms with Gasteiger partial charge in [0.05, 0.1) is 18.2 Å². The van der Waals surface area contributed by atoms with Crippen molar-refractivity contribution in [3.05, 3.63) is 16.1 Å². The Bertz CT molecular complexity index is 605. The number of morpholine rings is 1. The van der Waals surface area contributed by atoms with Gasteiger partial charge in [0.25, 0.3) is 0 Å². The smallest absolute Gasteiger partial charge is 0.243 e. The highest BCUT2D eigenvalue weighted by Gasteiger charge is 2.10. The second kappa shape index (κ2) is 14.1. The molecule has 1 aliphatic heterocycles. The average molecular weight is 524 g/mol. The Morgan fingerprint density at radius 3 is 2.68 bits per heavy atom. The lowest BCUT2D eigenvalue weighted by atomic mass is 10.3. The van der Waals surface area contributed by atoms with Crippen LogP contribution in [0.2, 0.25) is 0 Å². The SMILES string of the molecule is Cc1cnc(CCNC(=NCC(=O)N(C)C)NCCCN2CCOCC2)s1.I. The number of aryl methyl sites for hydroxylation is 1. The maximum atomic E-state index is 11.8. The number of aliphatic imine (C=N–C) groups is 1. The fraction of sp³-hybridized carbons (Fsp3) is 0.722. The summed E-state index contributed by atoms with van der Waals surface area (Å²) in [7, 11) is 3.48. The van der Waals surface area contributed by atoms with Crippen LogP contribution in [0.15, 0.2) is 11.2 Å². The number of hydrogen-bond acceptors (Lipinski definition) is 6. The second-order valence-electron chi connectivity index (χ2n) is 6.73. The van der Waals surface area contributed by atoms with Crippen LogP contribution in [0.25, 0.3) is 0 Å². The third-order valence-electron chi connectivity index (χ3n) is 4.22. The predicted octanol–water partition coefficient (Wildman–Crippen LogP) is 0.958. The van der Waals surface area contributed by atoms with Crippen LogP contribution in [0.3, 0.4) is 0 Å². The summed E-state index contributed by atoms with van der Waals surface area (Å²) < 4.78 is 5.37. The maximum Gasteiger partial charge on any atom is 0.243 e. The van der Waals surface area contributed by atoms with Crippen LogP contribution in [0.4, 0.5) is 0 Å². The van der Waals surface area contributed by atoms with E-state index in [4.69, 9.17) is 4.74 Å². The first-order valence-corrected chi connectivity index (χ1v) is 10.3. The lowest BCUT2D eigenvalue weighted by Gasteiger charge is -2.26. The van der Waals surface area contributed by atoms with Crippen molar-refractivity contribution in [2.45, 2.75) is 19.8 Å². The quantitative estimate of drug-likeness (QED) is 0.217. The number of rotatable bonds is 9. The summed E-state index contributed by atoms with van der Waals surface area (Å²) in [5, 5.41) is 7.76. The van der Waals surface area contributed by atoms with E-state index in [1.807, 2.05) is 6.20 Å². The molecule has 0 atom stereocenters. The number of nitrogens with zero attached hydrogens (tertiary/aromatic N) is 4. The van der Waals surface area contributed by atoms with Gasteiger partial charge in [-0.05, 0) is 19.9 Å². The molecule has 1 aromatic heterocycles. The highest BCUT2D eigenvalue weighted by atomic mass is 127. The number of nitrogens with one attached hydrogen (secondary N) is 2. The van der Waals surface area contributed by atoms with Crippen LogP contribution in [0.1, 0.15) is 16.3 Å². The van der Waals surface area contributed by atoms with Gasteiger partial charge in [0, 0.05) is 57.8 Å². The van der Waals surface area contributed by atoms with Gasteiger partial charge >= 0.3 is 0 Å². The molecule has 10 heteroatoms. The Kier molecular flexibility index (Phi) is 12.6. The summed E-state index contributed by atoms with van der Waals surface area (Å²) >= 11 is 1.71. The molecule has 0 aromatic carbocycles. The molecule has 2 heterocycles. The van der Waals surface area contributed by atoms with Gasteiger partial charge in [0.2, 0.25) is 5.91 Å². The van der Waals surface area contributed by atoms with Crippen LogP contribution < -0.4 is 10.6 Å². The van der Waals surface area contributed by atoms with Gasteiger partial charge in [-0.1, -0.05) is 0 Å². The zero-order chi connectivity index (χ0) is 19.5. The minimum atomic E-state index is -0.0139. The van der Waals surface area contributed by atoms with Crippen molar-refractivity contribution in [2.24, 2.45) is 4.99 Å². The normalized spacial score (nSPS) is 15.0. The number of thiazole rings is 1. The molecule has 1 amide bonds. The fourth-order valence-electron chi connectivity index (χ4n) is 2.60. The van der Waals surface area contributed by atoms with Gasteiger partial charge < -0.3 is 20.3 Å². The molecule has 1 aliphatic rings. The number of carbonyl (C=O) groups excluding carboxylic acids is 1. The van der Waals surface area contributed by atoms with Crippen molar-refractivity contribution in [2.75, 3.05) is 66.6 Å². The third kappa shape index (κ3) is 9.99. The summed E-state index contributed by atoms with van der Waals surface area (Å²) in [4.78, 5) is 25.8. The third-order valence-corrected chi connectivity index (χ3v) is 5.19. The van der Waals surface area contributed by atoms with Crippen LogP contribution in [-0.4, -0.2) is 93.2 Å². The summed E-state index contributed by atoms with van der Waals surface area (Å²) in [5.74, 6) is 0.667. The molecule has 0 aliphatic carbocycles. The first kappa shape index (κ1) is 25.1. The summed E-state index contributed by atoms with van der Waals surface area (Å²) in [5.41, 5.74) is 0. The second-order valence-corrected chi connectivity index (χ2v) is 8.05. The number of guanidine groups is 1. The Labute approximate surface area is 189 Å². The fourth-order valence-corrected chi connectivity index (χ4v) is 3.39. The molecule has 8 nitrogen and oxygen atoms in total. The lowest BCUT2D eigenvalue weighted by molar-refractivity contribution is -0.127. The molecule has 1 aromatic rings. The van der Waals surface area contributed by atoms with E-state index in [0.29, 0.717) is 5.96 Å². The molecule has 160 valence electrons. The van der Waals surface area contributed by atoms with Crippen LogP contribution in [-0.2, 0) is 16.0 Å². The van der Waals surface area contributed by atoms with Crippen molar-refractivity contribution in [1.82, 2.24) is 25.4 Å². The first-order valence-electron chi connectivity index (χ1n) is 9.48.